The molecule has 0 saturated carbocycles. The van der Waals surface area contributed by atoms with E-state index in [0.717, 1.165) is 11.6 Å². The average molecular weight is 339 g/mol. The number of amides is 2. The van der Waals surface area contributed by atoms with Crippen LogP contribution in [-0.2, 0) is 0 Å². The number of anilines is 2. The van der Waals surface area contributed by atoms with E-state index >= 15 is 0 Å². The molecule has 0 unspecified atom stereocenters. The fourth-order valence-electron chi connectivity index (χ4n) is 1.98. The molecule has 2 amide bonds. The lowest BCUT2D eigenvalue weighted by atomic mass is 10.1. The Balaban J connectivity index is 2.17. The van der Waals surface area contributed by atoms with E-state index < -0.39 is 11.8 Å². The Hall–Kier alpha value is -2.47. The van der Waals surface area contributed by atoms with Gasteiger partial charge in [-0.3, -0.25) is 0 Å². The van der Waals surface area contributed by atoms with Crippen molar-refractivity contribution in [2.75, 3.05) is 24.9 Å². The predicted molar refractivity (Wildman–Crippen MR) is 88.3 cm³/mol. The fraction of sp³-hybridized carbons (Fsp3) is 0.188. The van der Waals surface area contributed by atoms with Crippen LogP contribution in [0.1, 0.15) is 5.56 Å². The SMILES string of the molecule is COc1cc(C)c(NC(=O)Nc2ccc(F)cc2Cl)cc1OC. The average Bonchev–Trinajstić information content (AvgIpc) is 2.51. The third-order valence-electron chi connectivity index (χ3n) is 3.16. The van der Waals surface area contributed by atoms with Crippen LogP contribution in [0, 0.1) is 12.7 Å². The van der Waals surface area contributed by atoms with E-state index in [-0.39, 0.29) is 5.02 Å². The molecule has 0 heterocycles. The molecule has 0 fully saturated rings. The Morgan fingerprint density at radius 1 is 1.04 bits per heavy atom. The van der Waals surface area contributed by atoms with E-state index in [0.29, 0.717) is 22.9 Å². The van der Waals surface area contributed by atoms with Crippen molar-refractivity contribution < 1.29 is 18.7 Å². The first-order valence-electron chi connectivity index (χ1n) is 6.70. The van der Waals surface area contributed by atoms with Gasteiger partial charge in [-0.2, -0.15) is 0 Å². The van der Waals surface area contributed by atoms with Gasteiger partial charge in [0.15, 0.2) is 11.5 Å². The number of hydrogen-bond acceptors (Lipinski definition) is 3. The minimum absolute atomic E-state index is 0.115. The summed E-state index contributed by atoms with van der Waals surface area (Å²) in [7, 11) is 3.04. The van der Waals surface area contributed by atoms with Gasteiger partial charge in [-0.15, -0.1) is 0 Å². The zero-order valence-electron chi connectivity index (χ0n) is 12.9. The maximum Gasteiger partial charge on any atom is 0.323 e. The van der Waals surface area contributed by atoms with Crippen LogP contribution in [-0.4, -0.2) is 20.3 Å². The standard InChI is InChI=1S/C16H16ClFN2O3/c1-9-6-14(22-2)15(23-3)8-13(9)20-16(21)19-12-5-4-10(18)7-11(12)17/h4-8H,1-3H3,(H2,19,20,21). The van der Waals surface area contributed by atoms with Crippen molar-refractivity contribution in [2.45, 2.75) is 6.92 Å². The van der Waals surface area contributed by atoms with Crippen molar-refractivity contribution in [3.63, 3.8) is 0 Å². The molecule has 5 nitrogen and oxygen atoms in total. The monoisotopic (exact) mass is 338 g/mol. The van der Waals surface area contributed by atoms with Crippen LogP contribution in [0.4, 0.5) is 20.6 Å². The van der Waals surface area contributed by atoms with E-state index in [2.05, 4.69) is 10.6 Å². The molecule has 0 saturated heterocycles. The minimum atomic E-state index is -0.506. The third-order valence-corrected chi connectivity index (χ3v) is 3.47. The van der Waals surface area contributed by atoms with E-state index in [9.17, 15) is 9.18 Å². The lowest BCUT2D eigenvalue weighted by molar-refractivity contribution is 0.262. The van der Waals surface area contributed by atoms with Crippen LogP contribution in [0.15, 0.2) is 30.3 Å². The van der Waals surface area contributed by atoms with Crippen LogP contribution in [0.25, 0.3) is 0 Å². The molecule has 0 radical (unpaired) electrons. The maximum atomic E-state index is 13.0. The summed E-state index contributed by atoms with van der Waals surface area (Å²) in [5, 5.41) is 5.36. The summed E-state index contributed by atoms with van der Waals surface area (Å²) >= 11 is 5.88. The van der Waals surface area contributed by atoms with Crippen LogP contribution in [0.2, 0.25) is 5.02 Å². The van der Waals surface area contributed by atoms with E-state index in [1.165, 1.54) is 26.4 Å². The van der Waals surface area contributed by atoms with Crippen molar-refractivity contribution in [1.82, 2.24) is 0 Å². The molecule has 0 aliphatic rings. The zero-order chi connectivity index (χ0) is 17.0. The highest BCUT2D eigenvalue weighted by molar-refractivity contribution is 6.33. The Labute approximate surface area is 138 Å². The summed E-state index contributed by atoms with van der Waals surface area (Å²) in [6.45, 7) is 1.82. The van der Waals surface area contributed by atoms with Gasteiger partial charge in [0.25, 0.3) is 0 Å². The number of aryl methyl sites for hydroxylation is 1. The second-order valence-electron chi connectivity index (χ2n) is 4.73. The lowest BCUT2D eigenvalue weighted by Crippen LogP contribution is -2.20. The summed E-state index contributed by atoms with van der Waals surface area (Å²) in [6.07, 6.45) is 0. The Morgan fingerprint density at radius 3 is 2.26 bits per heavy atom. The number of hydrogen-bond donors (Lipinski definition) is 2. The normalized spacial score (nSPS) is 10.1. The van der Waals surface area contributed by atoms with Gasteiger partial charge in [-0.25, -0.2) is 9.18 Å². The van der Waals surface area contributed by atoms with Crippen LogP contribution < -0.4 is 20.1 Å². The molecule has 7 heteroatoms. The first-order valence-corrected chi connectivity index (χ1v) is 7.08. The van der Waals surface area contributed by atoms with Crippen molar-refractivity contribution in [3.05, 3.63) is 46.7 Å². The molecule has 2 rings (SSSR count). The molecule has 0 bridgehead atoms. The summed E-state index contributed by atoms with van der Waals surface area (Å²) in [4.78, 5) is 12.1. The molecule has 0 aliphatic carbocycles. The number of rotatable bonds is 4. The topological polar surface area (TPSA) is 59.6 Å². The molecule has 0 aliphatic heterocycles. The predicted octanol–water partition coefficient (Wildman–Crippen LogP) is 4.45. The second kappa shape index (κ2) is 7.19. The molecule has 122 valence electrons. The highest BCUT2D eigenvalue weighted by atomic mass is 35.5. The Bertz CT molecular complexity index is 738. The van der Waals surface area contributed by atoms with Crippen LogP contribution in [0.3, 0.4) is 0 Å². The van der Waals surface area contributed by atoms with Crippen molar-refractivity contribution >= 4 is 29.0 Å². The van der Waals surface area contributed by atoms with Crippen molar-refractivity contribution in [3.8, 4) is 11.5 Å². The van der Waals surface area contributed by atoms with Gasteiger partial charge in [0.05, 0.1) is 24.9 Å². The molecule has 0 aromatic heterocycles. The molecular formula is C16H16ClFN2O3. The molecule has 23 heavy (non-hydrogen) atoms. The summed E-state index contributed by atoms with van der Waals surface area (Å²) in [5.41, 5.74) is 1.66. The molecule has 2 N–H and O–H groups in total. The number of urea groups is 1. The number of halogens is 2. The van der Waals surface area contributed by atoms with E-state index in [4.69, 9.17) is 21.1 Å². The molecule has 2 aromatic carbocycles. The van der Waals surface area contributed by atoms with Gasteiger partial charge in [0.1, 0.15) is 5.82 Å². The number of carbonyl (C=O) groups is 1. The molecule has 2 aromatic rings. The van der Waals surface area contributed by atoms with Gasteiger partial charge < -0.3 is 20.1 Å². The highest BCUT2D eigenvalue weighted by Gasteiger charge is 2.12. The quantitative estimate of drug-likeness (QED) is 0.866. The molecule has 0 spiro atoms. The number of nitrogens with one attached hydrogen (secondary N) is 2. The van der Waals surface area contributed by atoms with Crippen LogP contribution in [0.5, 0.6) is 11.5 Å². The maximum absolute atomic E-state index is 13.0. The fourth-order valence-corrected chi connectivity index (χ4v) is 2.20. The number of methoxy groups -OCH3 is 2. The number of ether oxygens (including phenoxy) is 2. The van der Waals surface area contributed by atoms with Crippen molar-refractivity contribution in [2.24, 2.45) is 0 Å². The summed E-state index contributed by atoms with van der Waals surface area (Å²) in [6, 6.07) is 6.62. The summed E-state index contributed by atoms with van der Waals surface area (Å²) in [5.74, 6) is 0.586. The molecule has 0 atom stereocenters. The van der Waals surface area contributed by atoms with Gasteiger partial charge in [0.2, 0.25) is 0 Å². The highest BCUT2D eigenvalue weighted by Crippen LogP contribution is 2.33. The lowest BCUT2D eigenvalue weighted by Gasteiger charge is -2.14. The van der Waals surface area contributed by atoms with E-state index in [1.54, 1.807) is 12.1 Å². The first kappa shape index (κ1) is 16.9. The smallest absolute Gasteiger partial charge is 0.323 e. The zero-order valence-corrected chi connectivity index (χ0v) is 13.6. The minimum Gasteiger partial charge on any atom is -0.493 e. The largest absolute Gasteiger partial charge is 0.493 e. The summed E-state index contributed by atoms with van der Waals surface area (Å²) < 4.78 is 23.4. The third kappa shape index (κ3) is 4.04. The number of carbonyl (C=O) groups excluding carboxylic acids is 1. The first-order chi connectivity index (χ1) is 10.9. The number of benzene rings is 2. The van der Waals surface area contributed by atoms with Gasteiger partial charge in [-0.1, -0.05) is 11.6 Å². The van der Waals surface area contributed by atoms with Gasteiger partial charge in [0, 0.05) is 11.8 Å². The van der Waals surface area contributed by atoms with Crippen LogP contribution >= 0.6 is 11.6 Å². The molecular weight excluding hydrogens is 323 g/mol. The van der Waals surface area contributed by atoms with Gasteiger partial charge >= 0.3 is 6.03 Å². The van der Waals surface area contributed by atoms with Crippen molar-refractivity contribution in [1.29, 1.82) is 0 Å². The van der Waals surface area contributed by atoms with Gasteiger partial charge in [-0.05, 0) is 36.8 Å². The van der Waals surface area contributed by atoms with E-state index in [1.807, 2.05) is 6.92 Å². The Kier molecular flexibility index (Phi) is 5.28. The second-order valence-corrected chi connectivity index (χ2v) is 5.13. The Morgan fingerprint density at radius 2 is 1.65 bits per heavy atom.